The average Bonchev–Trinajstić information content (AvgIpc) is 2.44. The molecule has 19 heavy (non-hydrogen) atoms. The summed E-state index contributed by atoms with van der Waals surface area (Å²) in [5.41, 5.74) is 2.14. The van der Waals surface area contributed by atoms with Crippen LogP contribution in [0.1, 0.15) is 63.2 Å². The molecule has 2 nitrogen and oxygen atoms in total. The van der Waals surface area contributed by atoms with Gasteiger partial charge in [-0.1, -0.05) is 63.8 Å². The molecular formula is C17H28O2. The Kier molecular flexibility index (Phi) is 7.76. The second-order valence-corrected chi connectivity index (χ2v) is 5.35. The third-order valence-corrected chi connectivity index (χ3v) is 3.75. The Morgan fingerprint density at radius 3 is 2.68 bits per heavy atom. The van der Waals surface area contributed by atoms with Gasteiger partial charge in [0.25, 0.3) is 0 Å². The van der Waals surface area contributed by atoms with Gasteiger partial charge in [0, 0.05) is 7.11 Å². The fourth-order valence-corrected chi connectivity index (χ4v) is 2.49. The minimum atomic E-state index is -0.349. The number of aliphatic hydroxyl groups is 1. The second-order valence-electron chi connectivity index (χ2n) is 5.35. The van der Waals surface area contributed by atoms with Gasteiger partial charge in [-0.05, 0) is 23.5 Å². The van der Waals surface area contributed by atoms with Gasteiger partial charge < -0.3 is 9.84 Å². The van der Waals surface area contributed by atoms with Gasteiger partial charge in [0.1, 0.15) is 0 Å². The molecule has 1 rings (SSSR count). The van der Waals surface area contributed by atoms with Crippen molar-refractivity contribution in [2.45, 2.75) is 58.7 Å². The highest BCUT2D eigenvalue weighted by molar-refractivity contribution is 5.24. The predicted molar refractivity (Wildman–Crippen MR) is 80.0 cm³/mol. The SMILES string of the molecule is CCCCC(CC)CC(O)c1cccc(COC)c1. The average molecular weight is 264 g/mol. The summed E-state index contributed by atoms with van der Waals surface area (Å²) in [4.78, 5) is 0. The van der Waals surface area contributed by atoms with E-state index in [-0.39, 0.29) is 6.10 Å². The Bertz CT molecular complexity index is 349. The van der Waals surface area contributed by atoms with E-state index in [0.29, 0.717) is 12.5 Å². The first kappa shape index (κ1) is 16.2. The Morgan fingerprint density at radius 1 is 1.26 bits per heavy atom. The lowest BCUT2D eigenvalue weighted by Crippen LogP contribution is -2.07. The third kappa shape index (κ3) is 5.75. The molecule has 0 saturated carbocycles. The summed E-state index contributed by atoms with van der Waals surface area (Å²) in [6.45, 7) is 5.04. The standard InChI is InChI=1S/C17H28O2/c1-4-6-8-14(5-2)12-17(18)16-10-7-9-15(11-16)13-19-3/h7,9-11,14,17-18H,4-6,8,12-13H2,1-3H3. The van der Waals surface area contributed by atoms with Crippen molar-refractivity contribution >= 4 is 0 Å². The molecule has 0 saturated heterocycles. The number of methoxy groups -OCH3 is 1. The molecule has 1 aromatic carbocycles. The Hall–Kier alpha value is -0.860. The lowest BCUT2D eigenvalue weighted by molar-refractivity contribution is 0.138. The molecule has 0 spiro atoms. The smallest absolute Gasteiger partial charge is 0.0792 e. The van der Waals surface area contributed by atoms with Crippen LogP contribution in [0.3, 0.4) is 0 Å². The van der Waals surface area contributed by atoms with Crippen molar-refractivity contribution in [1.82, 2.24) is 0 Å². The molecule has 108 valence electrons. The Labute approximate surface area is 117 Å². The fourth-order valence-electron chi connectivity index (χ4n) is 2.49. The first-order valence-electron chi connectivity index (χ1n) is 7.47. The first-order chi connectivity index (χ1) is 9.21. The molecule has 2 atom stereocenters. The van der Waals surface area contributed by atoms with Crippen LogP contribution >= 0.6 is 0 Å². The van der Waals surface area contributed by atoms with E-state index >= 15 is 0 Å². The normalized spacial score (nSPS) is 14.3. The van der Waals surface area contributed by atoms with E-state index in [4.69, 9.17) is 4.74 Å². The van der Waals surface area contributed by atoms with Crippen molar-refractivity contribution in [3.8, 4) is 0 Å². The zero-order valence-electron chi connectivity index (χ0n) is 12.6. The lowest BCUT2D eigenvalue weighted by Gasteiger charge is -2.19. The molecule has 2 heteroatoms. The van der Waals surface area contributed by atoms with Gasteiger partial charge in [-0.3, -0.25) is 0 Å². The molecular weight excluding hydrogens is 236 g/mol. The third-order valence-electron chi connectivity index (χ3n) is 3.75. The number of hydrogen-bond acceptors (Lipinski definition) is 2. The van der Waals surface area contributed by atoms with E-state index in [1.54, 1.807) is 7.11 Å². The molecule has 1 N–H and O–H groups in total. The molecule has 0 aromatic heterocycles. The lowest BCUT2D eigenvalue weighted by atomic mass is 9.90. The summed E-state index contributed by atoms with van der Waals surface area (Å²) in [7, 11) is 1.70. The quantitative estimate of drug-likeness (QED) is 0.713. The first-order valence-corrected chi connectivity index (χ1v) is 7.47. The van der Waals surface area contributed by atoms with Gasteiger partial charge >= 0.3 is 0 Å². The van der Waals surface area contributed by atoms with Crippen LogP contribution in [0.4, 0.5) is 0 Å². The van der Waals surface area contributed by atoms with Crippen LogP contribution in [0, 0.1) is 5.92 Å². The maximum Gasteiger partial charge on any atom is 0.0792 e. The van der Waals surface area contributed by atoms with Gasteiger partial charge in [0.15, 0.2) is 0 Å². The largest absolute Gasteiger partial charge is 0.388 e. The van der Waals surface area contributed by atoms with E-state index in [9.17, 15) is 5.11 Å². The highest BCUT2D eigenvalue weighted by Crippen LogP contribution is 2.27. The van der Waals surface area contributed by atoms with Crippen molar-refractivity contribution in [3.05, 3.63) is 35.4 Å². The van der Waals surface area contributed by atoms with Crippen molar-refractivity contribution in [3.63, 3.8) is 0 Å². The Morgan fingerprint density at radius 2 is 2.05 bits per heavy atom. The number of ether oxygens (including phenoxy) is 1. The van der Waals surface area contributed by atoms with E-state index in [1.165, 1.54) is 19.3 Å². The fraction of sp³-hybridized carbons (Fsp3) is 0.647. The highest BCUT2D eigenvalue weighted by Gasteiger charge is 2.14. The van der Waals surface area contributed by atoms with Gasteiger partial charge in [-0.2, -0.15) is 0 Å². The van der Waals surface area contributed by atoms with E-state index in [1.807, 2.05) is 18.2 Å². The molecule has 0 aliphatic rings. The molecule has 0 heterocycles. The molecule has 2 unspecified atom stereocenters. The zero-order valence-corrected chi connectivity index (χ0v) is 12.6. The summed E-state index contributed by atoms with van der Waals surface area (Å²) in [5, 5.41) is 10.4. The van der Waals surface area contributed by atoms with Gasteiger partial charge in [0.2, 0.25) is 0 Å². The maximum atomic E-state index is 10.4. The number of hydrogen-bond donors (Lipinski definition) is 1. The van der Waals surface area contributed by atoms with Crippen molar-refractivity contribution in [1.29, 1.82) is 0 Å². The van der Waals surface area contributed by atoms with Crippen molar-refractivity contribution < 1.29 is 9.84 Å². The molecule has 0 bridgehead atoms. The van der Waals surface area contributed by atoms with Crippen LogP contribution in [0.5, 0.6) is 0 Å². The second kappa shape index (κ2) is 9.11. The van der Waals surface area contributed by atoms with Crippen LogP contribution in [-0.4, -0.2) is 12.2 Å². The number of unbranched alkanes of at least 4 members (excludes halogenated alkanes) is 1. The van der Waals surface area contributed by atoms with E-state index in [2.05, 4.69) is 19.9 Å². The molecule has 1 aromatic rings. The van der Waals surface area contributed by atoms with Crippen LogP contribution in [-0.2, 0) is 11.3 Å². The van der Waals surface area contributed by atoms with Crippen LogP contribution < -0.4 is 0 Å². The summed E-state index contributed by atoms with van der Waals surface area (Å²) < 4.78 is 5.14. The summed E-state index contributed by atoms with van der Waals surface area (Å²) in [6, 6.07) is 8.10. The number of rotatable bonds is 9. The molecule has 0 radical (unpaired) electrons. The van der Waals surface area contributed by atoms with E-state index in [0.717, 1.165) is 24.0 Å². The van der Waals surface area contributed by atoms with Gasteiger partial charge in [-0.15, -0.1) is 0 Å². The molecule has 0 aliphatic heterocycles. The van der Waals surface area contributed by atoms with Gasteiger partial charge in [-0.25, -0.2) is 0 Å². The molecule has 0 fully saturated rings. The van der Waals surface area contributed by atoms with Crippen molar-refractivity contribution in [2.75, 3.05) is 7.11 Å². The van der Waals surface area contributed by atoms with Gasteiger partial charge in [0.05, 0.1) is 12.7 Å². The van der Waals surface area contributed by atoms with E-state index < -0.39 is 0 Å². The number of benzene rings is 1. The Balaban J connectivity index is 2.60. The summed E-state index contributed by atoms with van der Waals surface area (Å²) in [5.74, 6) is 0.626. The maximum absolute atomic E-state index is 10.4. The number of aliphatic hydroxyl groups excluding tert-OH is 1. The summed E-state index contributed by atoms with van der Waals surface area (Å²) >= 11 is 0. The van der Waals surface area contributed by atoms with Crippen LogP contribution in [0.15, 0.2) is 24.3 Å². The predicted octanol–water partition coefficient (Wildman–Crippen LogP) is 4.47. The molecule has 0 aliphatic carbocycles. The van der Waals surface area contributed by atoms with Crippen LogP contribution in [0.2, 0.25) is 0 Å². The monoisotopic (exact) mass is 264 g/mol. The topological polar surface area (TPSA) is 29.5 Å². The minimum Gasteiger partial charge on any atom is -0.388 e. The van der Waals surface area contributed by atoms with Crippen LogP contribution in [0.25, 0.3) is 0 Å². The molecule has 0 amide bonds. The minimum absolute atomic E-state index is 0.349. The van der Waals surface area contributed by atoms with Crippen molar-refractivity contribution in [2.24, 2.45) is 5.92 Å². The zero-order chi connectivity index (χ0) is 14.1. The summed E-state index contributed by atoms with van der Waals surface area (Å²) in [6.07, 6.45) is 5.38. The highest BCUT2D eigenvalue weighted by atomic mass is 16.5.